The van der Waals surface area contributed by atoms with Gasteiger partial charge in [-0.15, -0.1) is 0 Å². The van der Waals surface area contributed by atoms with Crippen LogP contribution in [0, 0.1) is 0 Å². The second-order valence-corrected chi connectivity index (χ2v) is 6.46. The van der Waals surface area contributed by atoms with Crippen LogP contribution in [0.1, 0.15) is 10.4 Å². The monoisotopic (exact) mass is 268 g/mol. The van der Waals surface area contributed by atoms with Gasteiger partial charge in [0, 0.05) is 40.3 Å². The second kappa shape index (κ2) is 6.21. The molecule has 0 bridgehead atoms. The number of nitrogens with two attached hydrogens (primary N) is 1. The molecule has 1 heterocycles. The van der Waals surface area contributed by atoms with Gasteiger partial charge in [0.1, 0.15) is 0 Å². The first-order valence-corrected chi connectivity index (χ1v) is 7.79. The van der Waals surface area contributed by atoms with Gasteiger partial charge >= 0.3 is 0 Å². The molecule has 0 saturated carbocycles. The molecule has 1 aromatic rings. The molecule has 92 valence electrons. The Hall–Kier alpha value is -0.810. The minimum Gasteiger partial charge on any atom is -0.399 e. The Morgan fingerprint density at radius 3 is 3.06 bits per heavy atom. The van der Waals surface area contributed by atoms with Crippen LogP contribution in [0.25, 0.3) is 0 Å². The third-order valence-electron chi connectivity index (χ3n) is 2.52. The maximum atomic E-state index is 11.9. The number of carbonyl (C=O) groups is 1. The summed E-state index contributed by atoms with van der Waals surface area (Å²) in [7, 11) is 0. The fourth-order valence-electron chi connectivity index (χ4n) is 1.64. The maximum absolute atomic E-state index is 11.9. The Morgan fingerprint density at radius 1 is 1.47 bits per heavy atom. The van der Waals surface area contributed by atoms with Crippen LogP contribution >= 0.6 is 23.5 Å². The standard InChI is InChI=1S/C12H16N2OS2/c13-10-3-1-2-9(6-10)12(15)14-7-11-8-16-4-5-17-11/h1-3,6,11H,4-5,7-8,13H2,(H,14,15). The molecular weight excluding hydrogens is 252 g/mol. The van der Waals surface area contributed by atoms with Gasteiger partial charge in [-0.25, -0.2) is 0 Å². The van der Waals surface area contributed by atoms with Crippen molar-refractivity contribution in [1.82, 2.24) is 5.32 Å². The molecule has 3 N–H and O–H groups in total. The highest BCUT2D eigenvalue weighted by atomic mass is 32.2. The molecule has 0 spiro atoms. The van der Waals surface area contributed by atoms with E-state index >= 15 is 0 Å². The first-order chi connectivity index (χ1) is 8.25. The van der Waals surface area contributed by atoms with Crippen LogP contribution in [0.2, 0.25) is 0 Å². The zero-order valence-corrected chi connectivity index (χ0v) is 11.2. The predicted octanol–water partition coefficient (Wildman–Crippen LogP) is 1.85. The molecule has 17 heavy (non-hydrogen) atoms. The van der Waals surface area contributed by atoms with Crippen molar-refractivity contribution in [2.75, 3.05) is 29.5 Å². The van der Waals surface area contributed by atoms with E-state index in [2.05, 4.69) is 5.32 Å². The quantitative estimate of drug-likeness (QED) is 0.822. The molecule has 2 rings (SSSR count). The van der Waals surface area contributed by atoms with E-state index in [1.807, 2.05) is 23.5 Å². The summed E-state index contributed by atoms with van der Waals surface area (Å²) in [5, 5.41) is 3.51. The number of hydrogen-bond donors (Lipinski definition) is 2. The minimum atomic E-state index is -0.0338. The van der Waals surface area contributed by atoms with Gasteiger partial charge < -0.3 is 11.1 Å². The van der Waals surface area contributed by atoms with E-state index < -0.39 is 0 Å². The maximum Gasteiger partial charge on any atom is 0.251 e. The molecule has 3 nitrogen and oxygen atoms in total. The summed E-state index contributed by atoms with van der Waals surface area (Å²) in [6.07, 6.45) is 0. The molecule has 1 amide bonds. The zero-order chi connectivity index (χ0) is 12.1. The van der Waals surface area contributed by atoms with Crippen LogP contribution in [0.15, 0.2) is 24.3 Å². The molecule has 0 radical (unpaired) electrons. The van der Waals surface area contributed by atoms with Gasteiger partial charge in [-0.3, -0.25) is 4.79 Å². The lowest BCUT2D eigenvalue weighted by Gasteiger charge is -2.21. The first-order valence-electron chi connectivity index (χ1n) is 5.59. The SMILES string of the molecule is Nc1cccc(C(=O)NCC2CSCCS2)c1. The van der Waals surface area contributed by atoms with Crippen molar-refractivity contribution in [2.24, 2.45) is 0 Å². The molecular formula is C12H16N2OS2. The number of nitrogens with one attached hydrogen (secondary N) is 1. The highest BCUT2D eigenvalue weighted by molar-refractivity contribution is 8.06. The van der Waals surface area contributed by atoms with Crippen LogP contribution in [0.4, 0.5) is 5.69 Å². The van der Waals surface area contributed by atoms with Crippen molar-refractivity contribution in [3.05, 3.63) is 29.8 Å². The third kappa shape index (κ3) is 3.85. The average Bonchev–Trinajstić information content (AvgIpc) is 2.37. The summed E-state index contributed by atoms with van der Waals surface area (Å²) >= 11 is 3.90. The van der Waals surface area contributed by atoms with Crippen LogP contribution in [0.3, 0.4) is 0 Å². The van der Waals surface area contributed by atoms with E-state index in [0.717, 1.165) is 12.3 Å². The number of hydrogen-bond acceptors (Lipinski definition) is 4. The Kier molecular flexibility index (Phi) is 4.62. The Labute approximate surface area is 110 Å². The Balaban J connectivity index is 1.84. The summed E-state index contributed by atoms with van der Waals surface area (Å²) < 4.78 is 0. The number of nitrogen functional groups attached to an aromatic ring is 1. The topological polar surface area (TPSA) is 55.1 Å². The number of amides is 1. The fourth-order valence-corrected chi connectivity index (χ4v) is 4.25. The summed E-state index contributed by atoms with van der Waals surface area (Å²) in [4.78, 5) is 11.9. The predicted molar refractivity (Wildman–Crippen MR) is 76.8 cm³/mol. The van der Waals surface area contributed by atoms with E-state index in [1.54, 1.807) is 24.3 Å². The first kappa shape index (κ1) is 12.6. The molecule has 1 unspecified atom stereocenters. The largest absolute Gasteiger partial charge is 0.399 e. The van der Waals surface area contributed by atoms with E-state index in [9.17, 15) is 4.79 Å². The summed E-state index contributed by atoms with van der Waals surface area (Å²) in [6.45, 7) is 0.741. The Morgan fingerprint density at radius 2 is 2.35 bits per heavy atom. The molecule has 1 aliphatic rings. The molecule has 1 aliphatic heterocycles. The molecule has 0 aromatic heterocycles. The molecule has 1 aromatic carbocycles. The summed E-state index contributed by atoms with van der Waals surface area (Å²) in [6, 6.07) is 7.08. The molecule has 1 fully saturated rings. The smallest absolute Gasteiger partial charge is 0.251 e. The number of rotatable bonds is 3. The van der Waals surface area contributed by atoms with Crippen LogP contribution in [-0.2, 0) is 0 Å². The molecule has 1 atom stereocenters. The van der Waals surface area contributed by atoms with E-state index in [-0.39, 0.29) is 5.91 Å². The number of carbonyl (C=O) groups excluding carboxylic acids is 1. The van der Waals surface area contributed by atoms with Gasteiger partial charge in [0.05, 0.1) is 0 Å². The zero-order valence-electron chi connectivity index (χ0n) is 9.52. The van der Waals surface area contributed by atoms with Crippen LogP contribution in [0.5, 0.6) is 0 Å². The van der Waals surface area contributed by atoms with Crippen LogP contribution < -0.4 is 11.1 Å². The van der Waals surface area contributed by atoms with Gasteiger partial charge in [0.25, 0.3) is 5.91 Å². The van der Waals surface area contributed by atoms with Crippen molar-refractivity contribution in [3.63, 3.8) is 0 Å². The number of anilines is 1. The number of thioether (sulfide) groups is 2. The average molecular weight is 268 g/mol. The molecule has 5 heteroatoms. The highest BCUT2D eigenvalue weighted by Gasteiger charge is 2.15. The third-order valence-corrected chi connectivity index (χ3v) is 5.37. The fraction of sp³-hybridized carbons (Fsp3) is 0.417. The lowest BCUT2D eigenvalue weighted by molar-refractivity contribution is 0.0954. The van der Waals surface area contributed by atoms with Gasteiger partial charge in [-0.05, 0) is 18.2 Å². The van der Waals surface area contributed by atoms with Crippen molar-refractivity contribution in [3.8, 4) is 0 Å². The summed E-state index contributed by atoms with van der Waals surface area (Å²) in [5.74, 6) is 3.50. The van der Waals surface area contributed by atoms with Gasteiger partial charge in [-0.1, -0.05) is 6.07 Å². The van der Waals surface area contributed by atoms with E-state index in [1.165, 1.54) is 11.5 Å². The summed E-state index contributed by atoms with van der Waals surface area (Å²) in [5.41, 5.74) is 6.91. The normalized spacial score (nSPS) is 19.9. The minimum absolute atomic E-state index is 0.0338. The van der Waals surface area contributed by atoms with Gasteiger partial charge in [0.15, 0.2) is 0 Å². The van der Waals surface area contributed by atoms with Crippen molar-refractivity contribution >= 4 is 35.1 Å². The van der Waals surface area contributed by atoms with Crippen molar-refractivity contribution < 1.29 is 4.79 Å². The van der Waals surface area contributed by atoms with Crippen LogP contribution in [-0.4, -0.2) is 35.0 Å². The van der Waals surface area contributed by atoms with E-state index in [0.29, 0.717) is 16.5 Å². The second-order valence-electron chi connectivity index (χ2n) is 3.90. The van der Waals surface area contributed by atoms with Crippen molar-refractivity contribution in [2.45, 2.75) is 5.25 Å². The van der Waals surface area contributed by atoms with E-state index in [4.69, 9.17) is 5.73 Å². The van der Waals surface area contributed by atoms with Crippen molar-refractivity contribution in [1.29, 1.82) is 0 Å². The van der Waals surface area contributed by atoms with Gasteiger partial charge in [0.2, 0.25) is 0 Å². The number of benzene rings is 1. The van der Waals surface area contributed by atoms with Gasteiger partial charge in [-0.2, -0.15) is 23.5 Å². The lowest BCUT2D eigenvalue weighted by Crippen LogP contribution is -2.33. The molecule has 1 saturated heterocycles. The lowest BCUT2D eigenvalue weighted by atomic mass is 10.2. The molecule has 0 aliphatic carbocycles. The highest BCUT2D eigenvalue weighted by Crippen LogP contribution is 2.23. The Bertz CT molecular complexity index is 392.